The summed E-state index contributed by atoms with van der Waals surface area (Å²) in [6, 6.07) is 14.0. The van der Waals surface area contributed by atoms with Crippen LogP contribution in [0.5, 0.6) is 0 Å². The van der Waals surface area contributed by atoms with E-state index in [2.05, 4.69) is 44.3 Å². The van der Waals surface area contributed by atoms with E-state index in [1.807, 2.05) is 43.3 Å². The molecule has 0 atom stereocenters. The van der Waals surface area contributed by atoms with Crippen molar-refractivity contribution < 1.29 is 8.94 Å². The molecule has 7 heteroatoms. The van der Waals surface area contributed by atoms with Crippen LogP contribution < -0.4 is 0 Å². The average Bonchev–Trinajstić information content (AvgIpc) is 3.44. The molecular weight excluding hydrogens is 372 g/mol. The van der Waals surface area contributed by atoms with Gasteiger partial charge in [-0.1, -0.05) is 47.6 Å². The van der Waals surface area contributed by atoms with Crippen molar-refractivity contribution in [1.82, 2.24) is 20.3 Å². The lowest BCUT2D eigenvalue weighted by molar-refractivity contribution is 0.258. The second-order valence-corrected chi connectivity index (χ2v) is 7.40. The molecule has 3 heterocycles. The van der Waals surface area contributed by atoms with Crippen LogP contribution in [0.4, 0.5) is 0 Å². The highest BCUT2D eigenvalue weighted by atomic mass is 32.1. The fourth-order valence-corrected chi connectivity index (χ4v) is 3.76. The van der Waals surface area contributed by atoms with Crippen LogP contribution in [0.1, 0.15) is 16.5 Å². The van der Waals surface area contributed by atoms with E-state index in [1.54, 1.807) is 11.3 Å². The number of thiophene rings is 1. The molecule has 0 spiro atoms. The molecule has 28 heavy (non-hydrogen) atoms. The molecule has 0 amide bonds. The molecule has 1 aromatic carbocycles. The summed E-state index contributed by atoms with van der Waals surface area (Å²) in [4.78, 5) is 3.48. The third-order valence-corrected chi connectivity index (χ3v) is 5.16. The Morgan fingerprint density at radius 1 is 1.11 bits per heavy atom. The summed E-state index contributed by atoms with van der Waals surface area (Å²) in [6.45, 7) is 7.78. The molecule has 4 rings (SSSR count). The van der Waals surface area contributed by atoms with Gasteiger partial charge in [0.2, 0.25) is 5.89 Å². The maximum atomic E-state index is 5.97. The Bertz CT molecular complexity index is 1040. The highest BCUT2D eigenvalue weighted by Crippen LogP contribution is 2.33. The zero-order chi connectivity index (χ0) is 19.3. The molecule has 0 saturated carbocycles. The summed E-state index contributed by atoms with van der Waals surface area (Å²) in [5.41, 5.74) is 2.38. The second kappa shape index (κ2) is 8.33. The number of aromatic nitrogens is 3. The van der Waals surface area contributed by atoms with Crippen LogP contribution in [0.3, 0.4) is 0 Å². The molecule has 0 radical (unpaired) electrons. The number of hydrogen-bond donors (Lipinski definition) is 0. The molecule has 0 aliphatic rings. The third kappa shape index (κ3) is 3.95. The van der Waals surface area contributed by atoms with Crippen molar-refractivity contribution in [3.63, 3.8) is 0 Å². The van der Waals surface area contributed by atoms with Gasteiger partial charge in [-0.05, 0) is 18.4 Å². The van der Waals surface area contributed by atoms with E-state index in [-0.39, 0.29) is 0 Å². The first-order valence-corrected chi connectivity index (χ1v) is 9.82. The summed E-state index contributed by atoms with van der Waals surface area (Å²) < 4.78 is 11.4. The molecule has 0 unspecified atom stereocenters. The average molecular weight is 392 g/mol. The Hall–Kier alpha value is -3.03. The summed E-state index contributed by atoms with van der Waals surface area (Å²) in [7, 11) is 0. The zero-order valence-corrected chi connectivity index (χ0v) is 16.4. The molecule has 0 aliphatic carbocycles. The van der Waals surface area contributed by atoms with Gasteiger partial charge in [-0.3, -0.25) is 4.90 Å². The quantitative estimate of drug-likeness (QED) is 0.395. The van der Waals surface area contributed by atoms with Crippen molar-refractivity contribution >= 4 is 11.3 Å². The molecule has 0 N–H and O–H groups in total. The molecule has 6 nitrogen and oxygen atoms in total. The largest absolute Gasteiger partial charge is 0.419 e. The van der Waals surface area contributed by atoms with Gasteiger partial charge in [-0.15, -0.1) is 28.1 Å². The van der Waals surface area contributed by atoms with E-state index >= 15 is 0 Å². The van der Waals surface area contributed by atoms with Gasteiger partial charge in [0.1, 0.15) is 17.0 Å². The Morgan fingerprint density at radius 2 is 1.96 bits per heavy atom. The van der Waals surface area contributed by atoms with Crippen LogP contribution in [0.25, 0.3) is 22.7 Å². The smallest absolute Gasteiger partial charge is 0.253 e. The Balaban J connectivity index is 1.58. The minimum absolute atomic E-state index is 0.419. The maximum absolute atomic E-state index is 5.97. The van der Waals surface area contributed by atoms with Crippen LogP contribution in [0.15, 0.2) is 69.4 Å². The van der Waals surface area contributed by atoms with E-state index in [0.717, 1.165) is 24.2 Å². The van der Waals surface area contributed by atoms with E-state index in [0.29, 0.717) is 29.8 Å². The fourth-order valence-electron chi connectivity index (χ4n) is 3.02. The topological polar surface area (TPSA) is 68.2 Å². The van der Waals surface area contributed by atoms with Crippen molar-refractivity contribution in [2.24, 2.45) is 0 Å². The monoisotopic (exact) mass is 392 g/mol. The van der Waals surface area contributed by atoms with E-state index in [1.165, 1.54) is 4.88 Å². The van der Waals surface area contributed by atoms with Crippen LogP contribution in [-0.4, -0.2) is 26.8 Å². The maximum Gasteiger partial charge on any atom is 0.253 e. The highest BCUT2D eigenvalue weighted by molar-refractivity contribution is 7.09. The SMILES string of the molecule is C=CCN(Cc1nnc(-c2c(-c3ccccc3)noc2C)o1)Cc1cccs1. The van der Waals surface area contributed by atoms with Crippen LogP contribution in [-0.2, 0) is 13.1 Å². The number of hydrogen-bond acceptors (Lipinski definition) is 7. The zero-order valence-electron chi connectivity index (χ0n) is 15.5. The summed E-state index contributed by atoms with van der Waals surface area (Å²) >= 11 is 1.73. The first-order valence-electron chi connectivity index (χ1n) is 8.94. The van der Waals surface area contributed by atoms with Gasteiger partial charge in [-0.25, -0.2) is 0 Å². The second-order valence-electron chi connectivity index (χ2n) is 6.37. The molecular formula is C21H20N4O2S. The van der Waals surface area contributed by atoms with Gasteiger partial charge in [0, 0.05) is 23.5 Å². The number of benzene rings is 1. The molecule has 0 aliphatic heterocycles. The lowest BCUT2D eigenvalue weighted by Crippen LogP contribution is -2.22. The molecule has 142 valence electrons. The first-order chi connectivity index (χ1) is 13.7. The molecule has 0 saturated heterocycles. The standard InChI is InChI=1S/C21H20N4O2S/c1-3-11-25(13-17-10-7-12-28-17)14-18-22-23-21(26-18)19-15(2)27-24-20(19)16-8-5-4-6-9-16/h3-10,12H,1,11,13-14H2,2H3. The highest BCUT2D eigenvalue weighted by Gasteiger charge is 2.22. The Labute approximate surface area is 167 Å². The van der Waals surface area contributed by atoms with Crippen molar-refractivity contribution in [2.45, 2.75) is 20.0 Å². The molecule has 0 fully saturated rings. The normalized spacial score (nSPS) is 11.2. The minimum atomic E-state index is 0.419. The van der Waals surface area contributed by atoms with Gasteiger partial charge in [0.25, 0.3) is 5.89 Å². The van der Waals surface area contributed by atoms with Crippen LogP contribution in [0.2, 0.25) is 0 Å². The predicted molar refractivity (Wildman–Crippen MR) is 109 cm³/mol. The van der Waals surface area contributed by atoms with Crippen molar-refractivity contribution in [1.29, 1.82) is 0 Å². The lowest BCUT2D eigenvalue weighted by atomic mass is 10.1. The summed E-state index contributed by atoms with van der Waals surface area (Å²) in [5.74, 6) is 1.62. The van der Waals surface area contributed by atoms with Gasteiger partial charge in [0.15, 0.2) is 0 Å². The van der Waals surface area contributed by atoms with Crippen LogP contribution >= 0.6 is 11.3 Å². The van der Waals surface area contributed by atoms with Crippen LogP contribution in [0, 0.1) is 6.92 Å². The molecule has 4 aromatic rings. The Morgan fingerprint density at radius 3 is 2.71 bits per heavy atom. The van der Waals surface area contributed by atoms with Crippen molar-refractivity contribution in [3.8, 4) is 22.7 Å². The predicted octanol–water partition coefficient (Wildman–Crippen LogP) is 4.95. The lowest BCUT2D eigenvalue weighted by Gasteiger charge is -2.17. The van der Waals surface area contributed by atoms with E-state index in [9.17, 15) is 0 Å². The number of aryl methyl sites for hydroxylation is 1. The van der Waals surface area contributed by atoms with Gasteiger partial charge in [-0.2, -0.15) is 0 Å². The van der Waals surface area contributed by atoms with E-state index < -0.39 is 0 Å². The third-order valence-electron chi connectivity index (χ3n) is 4.30. The van der Waals surface area contributed by atoms with Gasteiger partial charge >= 0.3 is 0 Å². The first kappa shape index (κ1) is 18.3. The summed E-state index contributed by atoms with van der Waals surface area (Å²) in [6.07, 6.45) is 1.88. The van der Waals surface area contributed by atoms with Crippen molar-refractivity contribution in [3.05, 3.63) is 77.0 Å². The van der Waals surface area contributed by atoms with E-state index in [4.69, 9.17) is 8.94 Å². The van der Waals surface area contributed by atoms with Crippen molar-refractivity contribution in [2.75, 3.05) is 6.54 Å². The van der Waals surface area contributed by atoms with Gasteiger partial charge in [0.05, 0.1) is 6.54 Å². The molecule has 0 bridgehead atoms. The number of rotatable bonds is 8. The number of nitrogens with zero attached hydrogens (tertiary/aromatic N) is 4. The summed E-state index contributed by atoms with van der Waals surface area (Å²) in [5, 5.41) is 14.8. The minimum Gasteiger partial charge on any atom is -0.419 e. The fraction of sp³-hybridized carbons (Fsp3) is 0.190. The van der Waals surface area contributed by atoms with Gasteiger partial charge < -0.3 is 8.94 Å². The molecule has 3 aromatic heterocycles. The Kier molecular flexibility index (Phi) is 5.45.